The Morgan fingerprint density at radius 2 is 2.33 bits per heavy atom. The largest absolute Gasteiger partial charge is 0.476 e. The van der Waals surface area contributed by atoms with Gasteiger partial charge in [-0.05, 0) is 25.8 Å². The Hall–Kier alpha value is -1.76. The minimum absolute atomic E-state index is 0.0238. The third kappa shape index (κ3) is 2.56. The zero-order chi connectivity index (χ0) is 13.1. The maximum atomic E-state index is 11.1. The molecule has 1 aromatic rings. The minimum atomic E-state index is -0.478. The smallest absolute Gasteiger partial charge is 0.352 e. The van der Waals surface area contributed by atoms with Crippen LogP contribution in [-0.2, 0) is 6.42 Å². The zero-order valence-electron chi connectivity index (χ0n) is 10.4. The molecule has 1 N–H and O–H groups in total. The first-order valence-electron chi connectivity index (χ1n) is 5.87. The summed E-state index contributed by atoms with van der Waals surface area (Å²) in [6.45, 7) is 0. The van der Waals surface area contributed by atoms with Gasteiger partial charge < -0.3 is 10.1 Å². The Kier molecular flexibility index (Phi) is 3.71. The molecule has 0 radical (unpaired) electrons. The van der Waals surface area contributed by atoms with Gasteiger partial charge in [0.1, 0.15) is 12.0 Å². The zero-order valence-corrected chi connectivity index (χ0v) is 10.4. The van der Waals surface area contributed by atoms with E-state index in [2.05, 4.69) is 15.3 Å². The van der Waals surface area contributed by atoms with Crippen molar-refractivity contribution in [1.29, 1.82) is 0 Å². The number of nitro groups is 1. The number of ether oxygens (including phenoxy) is 1. The second-order valence-electron chi connectivity index (χ2n) is 4.37. The van der Waals surface area contributed by atoms with Crippen LogP contribution < -0.4 is 10.1 Å². The van der Waals surface area contributed by atoms with E-state index in [1.165, 1.54) is 26.3 Å². The molecule has 0 aromatic carbocycles. The van der Waals surface area contributed by atoms with Crippen molar-refractivity contribution in [2.75, 3.05) is 14.2 Å². The van der Waals surface area contributed by atoms with Crippen LogP contribution >= 0.6 is 0 Å². The van der Waals surface area contributed by atoms with Crippen LogP contribution in [-0.4, -0.2) is 35.1 Å². The minimum Gasteiger partial charge on any atom is -0.476 e. The van der Waals surface area contributed by atoms with Gasteiger partial charge >= 0.3 is 5.69 Å². The van der Waals surface area contributed by atoms with Crippen molar-refractivity contribution in [2.45, 2.75) is 25.3 Å². The molecular weight excluding hydrogens is 236 g/mol. The molecule has 7 nitrogen and oxygen atoms in total. The van der Waals surface area contributed by atoms with Crippen LogP contribution in [0.5, 0.6) is 5.88 Å². The molecule has 7 heteroatoms. The topological polar surface area (TPSA) is 90.2 Å². The van der Waals surface area contributed by atoms with Gasteiger partial charge in [0.15, 0.2) is 0 Å². The monoisotopic (exact) mass is 252 g/mol. The van der Waals surface area contributed by atoms with E-state index in [0.717, 1.165) is 0 Å². The first-order valence-corrected chi connectivity index (χ1v) is 5.87. The SMILES string of the molecule is CNC(Cc1ncnc(OC)c1[N+](=O)[O-])C1CC1. The molecule has 1 saturated carbocycles. The molecule has 1 aliphatic carbocycles. The first-order chi connectivity index (χ1) is 8.67. The van der Waals surface area contributed by atoms with Crippen LogP contribution in [0.15, 0.2) is 6.33 Å². The molecule has 1 unspecified atom stereocenters. The Morgan fingerprint density at radius 1 is 1.61 bits per heavy atom. The molecule has 0 spiro atoms. The fourth-order valence-corrected chi connectivity index (χ4v) is 2.09. The predicted molar refractivity (Wildman–Crippen MR) is 64.5 cm³/mol. The molecule has 0 aliphatic heterocycles. The van der Waals surface area contributed by atoms with Crippen LogP contribution in [0.2, 0.25) is 0 Å². The molecule has 1 fully saturated rings. The third-order valence-electron chi connectivity index (χ3n) is 3.22. The maximum absolute atomic E-state index is 11.1. The molecular formula is C11H16N4O3. The summed E-state index contributed by atoms with van der Waals surface area (Å²) >= 11 is 0. The Labute approximate surface area is 105 Å². The summed E-state index contributed by atoms with van der Waals surface area (Å²) in [6.07, 6.45) is 4.17. The van der Waals surface area contributed by atoms with Crippen molar-refractivity contribution in [3.8, 4) is 5.88 Å². The summed E-state index contributed by atoms with van der Waals surface area (Å²) in [5, 5.41) is 14.3. The third-order valence-corrected chi connectivity index (χ3v) is 3.22. The molecule has 0 amide bonds. The standard InChI is InChI=1S/C11H16N4O3/c1-12-8(7-3-4-7)5-9-10(15(16)17)11(18-2)14-6-13-9/h6-8,12H,3-5H2,1-2H3. The van der Waals surface area contributed by atoms with Crippen LogP contribution in [0.4, 0.5) is 5.69 Å². The van der Waals surface area contributed by atoms with Gasteiger partial charge in [0.25, 0.3) is 5.88 Å². The summed E-state index contributed by atoms with van der Waals surface area (Å²) < 4.78 is 4.93. The van der Waals surface area contributed by atoms with Gasteiger partial charge in [-0.25, -0.2) is 4.98 Å². The highest BCUT2D eigenvalue weighted by molar-refractivity contribution is 5.45. The fraction of sp³-hybridized carbons (Fsp3) is 0.636. The van der Waals surface area contributed by atoms with Crippen LogP contribution in [0.25, 0.3) is 0 Å². The maximum Gasteiger partial charge on any atom is 0.352 e. The molecule has 98 valence electrons. The molecule has 0 bridgehead atoms. The van der Waals surface area contributed by atoms with Gasteiger partial charge in [-0.2, -0.15) is 4.98 Å². The number of rotatable bonds is 6. The lowest BCUT2D eigenvalue weighted by Crippen LogP contribution is -2.30. The van der Waals surface area contributed by atoms with Crippen molar-refractivity contribution in [3.05, 3.63) is 22.1 Å². The molecule has 1 atom stereocenters. The van der Waals surface area contributed by atoms with Crippen LogP contribution in [0.3, 0.4) is 0 Å². The number of hydrogen-bond donors (Lipinski definition) is 1. The van der Waals surface area contributed by atoms with Crippen molar-refractivity contribution in [3.63, 3.8) is 0 Å². The van der Waals surface area contributed by atoms with Crippen LogP contribution in [0, 0.1) is 16.0 Å². The summed E-state index contributed by atoms with van der Waals surface area (Å²) in [5.41, 5.74) is 0.305. The van der Waals surface area contributed by atoms with E-state index in [4.69, 9.17) is 4.74 Å². The summed E-state index contributed by atoms with van der Waals surface area (Å²) in [6, 6.07) is 0.225. The van der Waals surface area contributed by atoms with Crippen molar-refractivity contribution >= 4 is 5.69 Å². The van der Waals surface area contributed by atoms with Crippen LogP contribution in [0.1, 0.15) is 18.5 Å². The van der Waals surface area contributed by atoms with Crippen molar-refractivity contribution in [2.24, 2.45) is 5.92 Å². The lowest BCUT2D eigenvalue weighted by atomic mass is 10.1. The van der Waals surface area contributed by atoms with Gasteiger partial charge in [0.05, 0.1) is 12.0 Å². The second kappa shape index (κ2) is 5.26. The highest BCUT2D eigenvalue weighted by Crippen LogP contribution is 2.35. The lowest BCUT2D eigenvalue weighted by molar-refractivity contribution is -0.387. The van der Waals surface area contributed by atoms with Gasteiger partial charge in [0, 0.05) is 12.5 Å². The van der Waals surface area contributed by atoms with E-state index < -0.39 is 4.92 Å². The number of aromatic nitrogens is 2. The second-order valence-corrected chi connectivity index (χ2v) is 4.37. The number of hydrogen-bond acceptors (Lipinski definition) is 6. The molecule has 1 aliphatic rings. The highest BCUT2D eigenvalue weighted by atomic mass is 16.6. The summed E-state index contributed by atoms with van der Waals surface area (Å²) in [4.78, 5) is 18.4. The number of nitrogens with one attached hydrogen (secondary N) is 1. The van der Waals surface area contributed by atoms with E-state index in [1.54, 1.807) is 0 Å². The Morgan fingerprint density at radius 3 is 2.83 bits per heavy atom. The van der Waals surface area contributed by atoms with E-state index in [-0.39, 0.29) is 17.6 Å². The molecule has 1 heterocycles. The quantitative estimate of drug-likeness (QED) is 0.598. The van der Waals surface area contributed by atoms with Crippen molar-refractivity contribution < 1.29 is 9.66 Å². The Bertz CT molecular complexity index is 448. The predicted octanol–water partition coefficient (Wildman–Crippen LogP) is 0.934. The molecule has 18 heavy (non-hydrogen) atoms. The number of nitrogens with zero attached hydrogens (tertiary/aromatic N) is 3. The number of methoxy groups -OCH3 is 1. The van der Waals surface area contributed by atoms with Crippen molar-refractivity contribution in [1.82, 2.24) is 15.3 Å². The van der Waals surface area contributed by atoms with Gasteiger partial charge in [-0.1, -0.05) is 0 Å². The van der Waals surface area contributed by atoms with E-state index in [0.29, 0.717) is 18.0 Å². The van der Waals surface area contributed by atoms with E-state index in [1.807, 2.05) is 7.05 Å². The van der Waals surface area contributed by atoms with Gasteiger partial charge in [-0.3, -0.25) is 10.1 Å². The van der Waals surface area contributed by atoms with Gasteiger partial charge in [-0.15, -0.1) is 0 Å². The average Bonchev–Trinajstić information content (AvgIpc) is 3.19. The Balaban J connectivity index is 2.28. The average molecular weight is 252 g/mol. The molecule has 2 rings (SSSR count). The summed E-state index contributed by atoms with van der Waals surface area (Å²) in [5.74, 6) is 0.617. The molecule has 0 saturated heterocycles. The highest BCUT2D eigenvalue weighted by Gasteiger charge is 2.33. The fourth-order valence-electron chi connectivity index (χ4n) is 2.09. The molecule has 1 aromatic heterocycles. The number of likely N-dealkylation sites (N-methyl/N-ethyl adjacent to an activating group) is 1. The lowest BCUT2D eigenvalue weighted by Gasteiger charge is -2.14. The first kappa shape index (κ1) is 12.7. The van der Waals surface area contributed by atoms with E-state index in [9.17, 15) is 10.1 Å². The van der Waals surface area contributed by atoms with Gasteiger partial charge in [0.2, 0.25) is 0 Å². The normalized spacial score (nSPS) is 16.3. The summed E-state index contributed by atoms with van der Waals surface area (Å²) in [7, 11) is 3.24. The van der Waals surface area contributed by atoms with E-state index >= 15 is 0 Å².